The summed E-state index contributed by atoms with van der Waals surface area (Å²) in [4.78, 5) is -1.38. The molecule has 0 fully saturated rings. The van der Waals surface area contributed by atoms with E-state index >= 15 is 0 Å². The summed E-state index contributed by atoms with van der Waals surface area (Å²) in [6.45, 7) is 0. The summed E-state index contributed by atoms with van der Waals surface area (Å²) in [5.41, 5.74) is 0. The number of halogens is 4. The molecule has 0 aromatic heterocycles. The van der Waals surface area contributed by atoms with Crippen LogP contribution in [0.2, 0.25) is 0 Å². The molecule has 0 radical (unpaired) electrons. The van der Waals surface area contributed by atoms with E-state index in [1.54, 1.807) is 0 Å². The summed E-state index contributed by atoms with van der Waals surface area (Å²) < 4.78 is 81.0. The van der Waals surface area contributed by atoms with Crippen molar-refractivity contribution in [3.05, 3.63) is 23.3 Å². The van der Waals surface area contributed by atoms with Gasteiger partial charge in [0.1, 0.15) is 0 Å². The maximum absolute atomic E-state index is 13.5. The summed E-state index contributed by atoms with van der Waals surface area (Å²) in [6.07, 6.45) is 0. The average molecular weight is 287 g/mol. The third-order valence-electron chi connectivity index (χ3n) is 2.13. The van der Waals surface area contributed by atoms with Crippen molar-refractivity contribution in [2.75, 3.05) is 21.2 Å². The molecule has 1 rings (SSSR count). The largest absolute Gasteiger partial charge is 0.492 e. The molecule has 0 amide bonds. The summed E-state index contributed by atoms with van der Waals surface area (Å²) in [5.74, 6) is -9.49. The van der Waals surface area contributed by atoms with Gasteiger partial charge in [0.25, 0.3) is 0 Å². The van der Waals surface area contributed by atoms with E-state index in [0.29, 0.717) is 4.31 Å². The lowest BCUT2D eigenvalue weighted by molar-refractivity contribution is 0.326. The Bertz CT molecular complexity index is 586. The van der Waals surface area contributed by atoms with Crippen molar-refractivity contribution in [3.63, 3.8) is 0 Å². The molecule has 4 nitrogen and oxygen atoms in total. The molecule has 0 spiro atoms. The summed E-state index contributed by atoms with van der Waals surface area (Å²) >= 11 is 0. The highest BCUT2D eigenvalue weighted by atomic mass is 32.2. The fraction of sp³-hybridized carbons (Fsp3) is 0.333. The van der Waals surface area contributed by atoms with Crippen LogP contribution in [0.4, 0.5) is 17.6 Å². The molecule has 0 atom stereocenters. The van der Waals surface area contributed by atoms with Crippen LogP contribution in [0.25, 0.3) is 0 Å². The van der Waals surface area contributed by atoms with Crippen LogP contribution in [-0.4, -0.2) is 33.9 Å². The average Bonchev–Trinajstić information content (AvgIpc) is 2.30. The van der Waals surface area contributed by atoms with Crippen molar-refractivity contribution >= 4 is 10.0 Å². The molecule has 9 heteroatoms. The molecular weight excluding hydrogens is 278 g/mol. The van der Waals surface area contributed by atoms with E-state index in [1.807, 2.05) is 0 Å². The van der Waals surface area contributed by atoms with Gasteiger partial charge in [-0.25, -0.2) is 25.9 Å². The molecule has 0 aliphatic heterocycles. The Morgan fingerprint density at radius 1 is 0.944 bits per heavy atom. The van der Waals surface area contributed by atoms with Gasteiger partial charge in [0.15, 0.2) is 22.3 Å². The SMILES string of the molecule is COc1c(F)c(F)c(F)c(F)c1S(=O)(=O)N(C)C. The quantitative estimate of drug-likeness (QED) is 0.481. The normalized spacial score (nSPS) is 12.0. The predicted octanol–water partition coefficient (Wildman–Crippen LogP) is 1.50. The number of benzene rings is 1. The molecule has 0 saturated heterocycles. The Balaban J connectivity index is 3.85. The molecule has 0 saturated carbocycles. The van der Waals surface area contributed by atoms with Crippen LogP contribution in [0, 0.1) is 23.3 Å². The second-order valence-corrected chi connectivity index (χ2v) is 5.49. The van der Waals surface area contributed by atoms with E-state index in [9.17, 15) is 26.0 Å². The number of nitrogens with zero attached hydrogens (tertiary/aromatic N) is 1. The standard InChI is InChI=1S/C9H9F4NO3S/c1-14(2)18(15,16)9-7(13)5(11)4(10)6(12)8(9)17-3/h1-3H3. The maximum atomic E-state index is 13.5. The number of hydrogen-bond donors (Lipinski definition) is 0. The first-order chi connectivity index (χ1) is 8.16. The van der Waals surface area contributed by atoms with Gasteiger partial charge in [-0.15, -0.1) is 0 Å². The first kappa shape index (κ1) is 14.7. The lowest BCUT2D eigenvalue weighted by Crippen LogP contribution is -2.25. The van der Waals surface area contributed by atoms with Crippen LogP contribution < -0.4 is 4.74 Å². The second-order valence-electron chi connectivity index (χ2n) is 3.41. The molecule has 0 N–H and O–H groups in total. The maximum Gasteiger partial charge on any atom is 0.249 e. The summed E-state index contributed by atoms with van der Waals surface area (Å²) in [6, 6.07) is 0. The minimum atomic E-state index is -4.53. The molecule has 1 aromatic carbocycles. The third kappa shape index (κ3) is 2.03. The predicted molar refractivity (Wildman–Crippen MR) is 53.7 cm³/mol. The number of sulfonamides is 1. The lowest BCUT2D eigenvalue weighted by Gasteiger charge is -2.16. The Hall–Kier alpha value is -1.35. The second kappa shape index (κ2) is 4.73. The Morgan fingerprint density at radius 3 is 1.78 bits per heavy atom. The van der Waals surface area contributed by atoms with Crippen LogP contribution in [0.1, 0.15) is 0 Å². The first-order valence-electron chi connectivity index (χ1n) is 4.48. The monoisotopic (exact) mass is 287 g/mol. The molecule has 0 bridgehead atoms. The van der Waals surface area contributed by atoms with Crippen molar-refractivity contribution in [1.29, 1.82) is 0 Å². The van der Waals surface area contributed by atoms with Gasteiger partial charge in [0, 0.05) is 14.1 Å². The molecule has 0 aliphatic carbocycles. The Kier molecular flexibility index (Phi) is 3.86. The zero-order valence-corrected chi connectivity index (χ0v) is 10.4. The molecule has 1 aromatic rings. The highest BCUT2D eigenvalue weighted by molar-refractivity contribution is 7.89. The number of methoxy groups -OCH3 is 1. The van der Waals surface area contributed by atoms with Gasteiger partial charge < -0.3 is 4.74 Å². The van der Waals surface area contributed by atoms with Crippen molar-refractivity contribution in [3.8, 4) is 5.75 Å². The van der Waals surface area contributed by atoms with Crippen LogP contribution in [0.5, 0.6) is 5.75 Å². The number of rotatable bonds is 3. The molecule has 0 unspecified atom stereocenters. The van der Waals surface area contributed by atoms with Gasteiger partial charge in [-0.3, -0.25) is 0 Å². The first-order valence-corrected chi connectivity index (χ1v) is 5.92. The molecule has 102 valence electrons. The van der Waals surface area contributed by atoms with Gasteiger partial charge in [0.05, 0.1) is 7.11 Å². The van der Waals surface area contributed by atoms with E-state index in [2.05, 4.69) is 4.74 Å². The fourth-order valence-electron chi connectivity index (χ4n) is 1.19. The van der Waals surface area contributed by atoms with Gasteiger partial charge in [-0.05, 0) is 0 Å². The van der Waals surface area contributed by atoms with Gasteiger partial charge in [-0.1, -0.05) is 0 Å². The van der Waals surface area contributed by atoms with Crippen molar-refractivity contribution in [1.82, 2.24) is 4.31 Å². The van der Waals surface area contributed by atoms with E-state index in [1.165, 1.54) is 0 Å². The van der Waals surface area contributed by atoms with Crippen molar-refractivity contribution in [2.45, 2.75) is 4.90 Å². The van der Waals surface area contributed by atoms with Crippen LogP contribution >= 0.6 is 0 Å². The number of hydrogen-bond acceptors (Lipinski definition) is 3. The molecule has 0 heterocycles. The Morgan fingerprint density at radius 2 is 1.39 bits per heavy atom. The highest BCUT2D eigenvalue weighted by Gasteiger charge is 2.35. The van der Waals surface area contributed by atoms with Crippen LogP contribution in [0.15, 0.2) is 4.90 Å². The summed E-state index contributed by atoms with van der Waals surface area (Å²) in [5, 5.41) is 0. The molecule has 18 heavy (non-hydrogen) atoms. The third-order valence-corrected chi connectivity index (χ3v) is 3.97. The highest BCUT2D eigenvalue weighted by Crippen LogP contribution is 2.34. The minimum Gasteiger partial charge on any atom is -0.492 e. The van der Waals surface area contributed by atoms with Crippen molar-refractivity contribution < 1.29 is 30.7 Å². The van der Waals surface area contributed by atoms with Crippen LogP contribution in [-0.2, 0) is 10.0 Å². The number of ether oxygens (including phenoxy) is 1. The van der Waals surface area contributed by atoms with E-state index in [-0.39, 0.29) is 0 Å². The fourth-order valence-corrected chi connectivity index (χ4v) is 2.28. The lowest BCUT2D eigenvalue weighted by atomic mass is 10.3. The zero-order chi connectivity index (χ0) is 14.2. The summed E-state index contributed by atoms with van der Waals surface area (Å²) in [7, 11) is -1.67. The van der Waals surface area contributed by atoms with Crippen molar-refractivity contribution in [2.24, 2.45) is 0 Å². The van der Waals surface area contributed by atoms with Gasteiger partial charge in [-0.2, -0.15) is 4.39 Å². The van der Waals surface area contributed by atoms with Gasteiger partial charge >= 0.3 is 0 Å². The topological polar surface area (TPSA) is 46.6 Å². The molecular formula is C9H9F4NO3S. The van der Waals surface area contributed by atoms with Gasteiger partial charge in [0.2, 0.25) is 21.7 Å². The van der Waals surface area contributed by atoms with E-state index in [0.717, 1.165) is 21.2 Å². The Labute approximate surface area is 101 Å². The molecule has 0 aliphatic rings. The minimum absolute atomic E-state index is 0.519. The van der Waals surface area contributed by atoms with E-state index in [4.69, 9.17) is 0 Å². The van der Waals surface area contributed by atoms with E-state index < -0.39 is 43.9 Å². The smallest absolute Gasteiger partial charge is 0.249 e. The zero-order valence-electron chi connectivity index (χ0n) is 9.59. The van der Waals surface area contributed by atoms with Crippen LogP contribution in [0.3, 0.4) is 0 Å².